The summed E-state index contributed by atoms with van der Waals surface area (Å²) in [5.74, 6) is -1.18. The molecule has 0 fully saturated rings. The molecule has 1 aromatic rings. The third kappa shape index (κ3) is 3.47. The van der Waals surface area contributed by atoms with Gasteiger partial charge in [-0.05, 0) is 17.7 Å². The lowest BCUT2D eigenvalue weighted by Crippen LogP contribution is -2.21. The first-order valence-corrected chi connectivity index (χ1v) is 4.58. The van der Waals surface area contributed by atoms with E-state index in [0.717, 1.165) is 0 Å². The molecule has 15 heavy (non-hydrogen) atoms. The van der Waals surface area contributed by atoms with E-state index >= 15 is 0 Å². The summed E-state index contributed by atoms with van der Waals surface area (Å²) in [6.45, 7) is 0. The SMILES string of the molecule is O=C(O)CC(O)C(O)c1ccnc(Cl)c1. The van der Waals surface area contributed by atoms with Gasteiger partial charge >= 0.3 is 5.97 Å². The Hall–Kier alpha value is -1.17. The summed E-state index contributed by atoms with van der Waals surface area (Å²) >= 11 is 5.58. The van der Waals surface area contributed by atoms with Gasteiger partial charge in [-0.3, -0.25) is 4.79 Å². The highest BCUT2D eigenvalue weighted by Crippen LogP contribution is 2.20. The molecule has 0 aromatic carbocycles. The van der Waals surface area contributed by atoms with Gasteiger partial charge in [-0.25, -0.2) is 4.98 Å². The molecule has 0 aliphatic heterocycles. The number of halogens is 1. The summed E-state index contributed by atoms with van der Waals surface area (Å²) in [5, 5.41) is 27.5. The van der Waals surface area contributed by atoms with Crippen molar-refractivity contribution < 1.29 is 20.1 Å². The van der Waals surface area contributed by atoms with E-state index in [-0.39, 0.29) is 5.15 Å². The van der Waals surface area contributed by atoms with Crippen molar-refractivity contribution in [3.05, 3.63) is 29.0 Å². The monoisotopic (exact) mass is 231 g/mol. The highest BCUT2D eigenvalue weighted by atomic mass is 35.5. The zero-order valence-electron chi connectivity index (χ0n) is 7.67. The Morgan fingerprint density at radius 3 is 2.73 bits per heavy atom. The van der Waals surface area contributed by atoms with Gasteiger partial charge in [0.2, 0.25) is 0 Å². The topological polar surface area (TPSA) is 90.7 Å². The predicted octanol–water partition coefficient (Wildman–Crippen LogP) is 0.604. The van der Waals surface area contributed by atoms with Crippen molar-refractivity contribution in [2.75, 3.05) is 0 Å². The molecule has 0 saturated carbocycles. The number of aliphatic hydroxyl groups excluding tert-OH is 2. The minimum atomic E-state index is -1.36. The molecule has 0 saturated heterocycles. The molecule has 5 nitrogen and oxygen atoms in total. The molecule has 0 bridgehead atoms. The van der Waals surface area contributed by atoms with Crippen LogP contribution in [0.5, 0.6) is 0 Å². The van der Waals surface area contributed by atoms with E-state index in [4.69, 9.17) is 16.7 Å². The number of pyridine rings is 1. The molecule has 1 heterocycles. The molecular weight excluding hydrogens is 222 g/mol. The van der Waals surface area contributed by atoms with Gasteiger partial charge in [0.1, 0.15) is 11.3 Å². The van der Waals surface area contributed by atoms with Gasteiger partial charge < -0.3 is 15.3 Å². The molecule has 0 amide bonds. The van der Waals surface area contributed by atoms with Crippen molar-refractivity contribution in [3.8, 4) is 0 Å². The highest BCUT2D eigenvalue weighted by Gasteiger charge is 2.21. The molecule has 6 heteroatoms. The minimum Gasteiger partial charge on any atom is -0.481 e. The van der Waals surface area contributed by atoms with Gasteiger partial charge in [0.05, 0.1) is 12.5 Å². The second-order valence-corrected chi connectivity index (χ2v) is 3.41. The quantitative estimate of drug-likeness (QED) is 0.661. The largest absolute Gasteiger partial charge is 0.481 e. The van der Waals surface area contributed by atoms with Crippen molar-refractivity contribution in [2.45, 2.75) is 18.6 Å². The highest BCUT2D eigenvalue weighted by molar-refractivity contribution is 6.29. The van der Waals surface area contributed by atoms with Gasteiger partial charge in [0.25, 0.3) is 0 Å². The van der Waals surface area contributed by atoms with E-state index in [0.29, 0.717) is 5.56 Å². The van der Waals surface area contributed by atoms with E-state index < -0.39 is 24.6 Å². The van der Waals surface area contributed by atoms with Crippen LogP contribution in [0.15, 0.2) is 18.3 Å². The Balaban J connectivity index is 2.75. The van der Waals surface area contributed by atoms with Crippen LogP contribution in [0.1, 0.15) is 18.1 Å². The fourth-order valence-corrected chi connectivity index (χ4v) is 1.30. The summed E-state index contributed by atoms with van der Waals surface area (Å²) in [7, 11) is 0. The fourth-order valence-electron chi connectivity index (χ4n) is 1.11. The molecule has 3 N–H and O–H groups in total. The van der Waals surface area contributed by atoms with Crippen LogP contribution < -0.4 is 0 Å². The number of carboxylic acids is 1. The van der Waals surface area contributed by atoms with Crippen LogP contribution in [-0.4, -0.2) is 32.4 Å². The number of carboxylic acid groups (broad SMARTS) is 1. The van der Waals surface area contributed by atoms with Crippen molar-refractivity contribution >= 4 is 17.6 Å². The fraction of sp³-hybridized carbons (Fsp3) is 0.333. The zero-order chi connectivity index (χ0) is 11.4. The molecule has 0 spiro atoms. The summed E-state index contributed by atoms with van der Waals surface area (Å²) in [4.78, 5) is 14.0. The predicted molar refractivity (Wildman–Crippen MR) is 52.5 cm³/mol. The summed E-state index contributed by atoms with van der Waals surface area (Å²) in [6.07, 6.45) is -1.79. The number of rotatable bonds is 4. The normalized spacial score (nSPS) is 14.6. The first-order valence-electron chi connectivity index (χ1n) is 4.20. The zero-order valence-corrected chi connectivity index (χ0v) is 8.42. The van der Waals surface area contributed by atoms with Crippen molar-refractivity contribution in [1.82, 2.24) is 4.98 Å². The molecule has 82 valence electrons. The first-order chi connectivity index (χ1) is 7.00. The third-order valence-electron chi connectivity index (χ3n) is 1.84. The van der Waals surface area contributed by atoms with Crippen LogP contribution in [0.3, 0.4) is 0 Å². The second kappa shape index (κ2) is 5.06. The molecule has 0 aliphatic carbocycles. The van der Waals surface area contributed by atoms with E-state index in [9.17, 15) is 15.0 Å². The Labute approximate surface area is 91.0 Å². The van der Waals surface area contributed by atoms with Gasteiger partial charge in [0, 0.05) is 6.20 Å². The number of nitrogens with zero attached hydrogens (tertiary/aromatic N) is 1. The third-order valence-corrected chi connectivity index (χ3v) is 2.05. The lowest BCUT2D eigenvalue weighted by Gasteiger charge is -2.16. The van der Waals surface area contributed by atoms with Crippen LogP contribution in [0, 0.1) is 0 Å². The summed E-state index contributed by atoms with van der Waals surface area (Å²) < 4.78 is 0. The van der Waals surface area contributed by atoms with E-state index in [2.05, 4.69) is 4.98 Å². The Morgan fingerprint density at radius 1 is 1.53 bits per heavy atom. The molecule has 1 aromatic heterocycles. The molecule has 0 radical (unpaired) electrons. The molecule has 0 aliphatic rings. The molecule has 2 unspecified atom stereocenters. The smallest absolute Gasteiger partial charge is 0.306 e. The Bertz CT molecular complexity index is 358. The van der Waals surface area contributed by atoms with Gasteiger partial charge in [0.15, 0.2) is 0 Å². The number of carbonyl (C=O) groups is 1. The van der Waals surface area contributed by atoms with Gasteiger partial charge in [-0.15, -0.1) is 0 Å². The standard InChI is InChI=1S/C9H10ClNO4/c10-7-3-5(1-2-11-7)9(15)6(12)4-8(13)14/h1-3,6,9,12,15H,4H2,(H,13,14). The Kier molecular flexibility index (Phi) is 4.02. The number of aliphatic hydroxyl groups is 2. The van der Waals surface area contributed by atoms with Gasteiger partial charge in [-0.2, -0.15) is 0 Å². The van der Waals surface area contributed by atoms with Crippen LogP contribution in [0.25, 0.3) is 0 Å². The van der Waals surface area contributed by atoms with E-state index in [1.165, 1.54) is 18.3 Å². The van der Waals surface area contributed by atoms with E-state index in [1.54, 1.807) is 0 Å². The van der Waals surface area contributed by atoms with Crippen molar-refractivity contribution in [3.63, 3.8) is 0 Å². The number of aromatic nitrogens is 1. The lowest BCUT2D eigenvalue weighted by molar-refractivity contribution is -0.141. The van der Waals surface area contributed by atoms with Gasteiger partial charge in [-0.1, -0.05) is 11.6 Å². The molecular formula is C9H10ClNO4. The Morgan fingerprint density at radius 2 is 2.20 bits per heavy atom. The van der Waals surface area contributed by atoms with Crippen molar-refractivity contribution in [2.24, 2.45) is 0 Å². The maximum Gasteiger partial charge on any atom is 0.306 e. The van der Waals surface area contributed by atoms with Crippen LogP contribution in [-0.2, 0) is 4.79 Å². The minimum absolute atomic E-state index is 0.175. The number of aliphatic carboxylic acids is 1. The van der Waals surface area contributed by atoms with Crippen LogP contribution in [0.2, 0.25) is 5.15 Å². The summed E-state index contributed by atoms with van der Waals surface area (Å²) in [5.41, 5.74) is 0.337. The maximum absolute atomic E-state index is 10.3. The van der Waals surface area contributed by atoms with Crippen LogP contribution >= 0.6 is 11.6 Å². The molecule has 2 atom stereocenters. The van der Waals surface area contributed by atoms with Crippen LogP contribution in [0.4, 0.5) is 0 Å². The second-order valence-electron chi connectivity index (χ2n) is 3.02. The maximum atomic E-state index is 10.3. The number of hydrogen-bond donors (Lipinski definition) is 3. The summed E-state index contributed by atoms with van der Waals surface area (Å²) in [6, 6.07) is 2.83. The first kappa shape index (κ1) is 11.9. The molecule has 1 rings (SSSR count). The lowest BCUT2D eigenvalue weighted by atomic mass is 10.0. The number of hydrogen-bond acceptors (Lipinski definition) is 4. The average Bonchev–Trinajstić information content (AvgIpc) is 2.15. The van der Waals surface area contributed by atoms with E-state index in [1.807, 2.05) is 0 Å². The average molecular weight is 232 g/mol. The van der Waals surface area contributed by atoms with Crippen molar-refractivity contribution in [1.29, 1.82) is 0 Å².